The molecule has 0 bridgehead atoms. The van der Waals surface area contributed by atoms with Gasteiger partial charge in [-0.15, -0.1) is 11.3 Å². The van der Waals surface area contributed by atoms with Gasteiger partial charge in [0, 0.05) is 18.7 Å². The van der Waals surface area contributed by atoms with Crippen molar-refractivity contribution in [2.24, 2.45) is 4.99 Å². The van der Waals surface area contributed by atoms with Gasteiger partial charge in [0.2, 0.25) is 0 Å². The van der Waals surface area contributed by atoms with Crippen LogP contribution in [0, 0.1) is 0 Å². The van der Waals surface area contributed by atoms with Crippen LogP contribution in [-0.2, 0) is 0 Å². The van der Waals surface area contributed by atoms with Gasteiger partial charge in [-0.05, 0) is 24.6 Å². The van der Waals surface area contributed by atoms with E-state index in [0.717, 1.165) is 30.0 Å². The van der Waals surface area contributed by atoms with Crippen molar-refractivity contribution in [3.63, 3.8) is 0 Å². The molecule has 0 fully saturated rings. The second-order valence-corrected chi connectivity index (χ2v) is 4.48. The topological polar surface area (TPSA) is 37.3 Å². The van der Waals surface area contributed by atoms with E-state index in [1.165, 1.54) is 11.1 Å². The number of anilines is 1. The maximum absolute atomic E-state index is 4.39. The smallest absolute Gasteiger partial charge is 0.101 e. The van der Waals surface area contributed by atoms with Crippen molar-refractivity contribution in [1.82, 2.24) is 4.98 Å². The predicted molar refractivity (Wildman–Crippen MR) is 64.8 cm³/mol. The molecule has 1 N–H and O–H groups in total. The van der Waals surface area contributed by atoms with E-state index in [1.54, 1.807) is 11.3 Å². The van der Waals surface area contributed by atoms with Gasteiger partial charge < -0.3 is 5.32 Å². The Morgan fingerprint density at radius 1 is 1.33 bits per heavy atom. The first-order valence-corrected chi connectivity index (χ1v) is 5.93. The van der Waals surface area contributed by atoms with Crippen LogP contribution in [-0.4, -0.2) is 17.4 Å². The molecule has 0 atom stereocenters. The summed E-state index contributed by atoms with van der Waals surface area (Å²) in [6.45, 7) is 0.963. The first kappa shape index (κ1) is 8.85. The Kier molecular flexibility index (Phi) is 2.14. The van der Waals surface area contributed by atoms with Crippen LogP contribution in [0.15, 0.2) is 28.7 Å². The average Bonchev–Trinajstić information content (AvgIpc) is 2.87. The number of aromatic nitrogens is 1. The summed E-state index contributed by atoms with van der Waals surface area (Å²) in [6.07, 6.45) is 2.24. The number of aliphatic imine (C=N–C) groups is 1. The Morgan fingerprint density at radius 2 is 2.33 bits per heavy atom. The molecule has 0 aliphatic carbocycles. The number of hydrogen-bond donors (Lipinski definition) is 1. The molecule has 3 rings (SSSR count). The number of rotatable bonds is 1. The van der Waals surface area contributed by atoms with Crippen molar-refractivity contribution in [2.75, 3.05) is 11.9 Å². The summed E-state index contributed by atoms with van der Waals surface area (Å²) in [5, 5.41) is 3.35. The Labute approximate surface area is 91.9 Å². The van der Waals surface area contributed by atoms with E-state index in [1.807, 2.05) is 11.6 Å². The highest BCUT2D eigenvalue weighted by Crippen LogP contribution is 2.22. The molecule has 1 aliphatic heterocycles. The second kappa shape index (κ2) is 3.62. The minimum Gasteiger partial charge on any atom is -0.344 e. The summed E-state index contributed by atoms with van der Waals surface area (Å²) in [6, 6.07) is 6.24. The molecule has 0 radical (unpaired) electrons. The Balaban J connectivity index is 1.90. The van der Waals surface area contributed by atoms with Crippen LogP contribution in [0.25, 0.3) is 10.2 Å². The molecule has 3 nitrogen and oxygen atoms in total. The molecule has 0 saturated heterocycles. The number of hydrogen-bond acceptors (Lipinski definition) is 4. The highest BCUT2D eigenvalue weighted by Gasteiger charge is 2.06. The number of benzene rings is 1. The first-order chi connectivity index (χ1) is 7.42. The Bertz CT molecular complexity index is 515. The lowest BCUT2D eigenvalue weighted by molar-refractivity contribution is 0.951. The fraction of sp³-hybridized carbons (Fsp3) is 0.273. The quantitative estimate of drug-likeness (QED) is 0.797. The molecule has 0 saturated carbocycles. The summed E-state index contributed by atoms with van der Waals surface area (Å²) in [7, 11) is 0. The third-order valence-corrected chi connectivity index (χ3v) is 3.29. The zero-order valence-electron chi connectivity index (χ0n) is 8.23. The molecule has 2 aromatic rings. The molecule has 1 aromatic heterocycles. The summed E-state index contributed by atoms with van der Waals surface area (Å²) < 4.78 is 1.22. The lowest BCUT2D eigenvalue weighted by atomic mass is 10.3. The largest absolute Gasteiger partial charge is 0.344 e. The van der Waals surface area contributed by atoms with E-state index in [4.69, 9.17) is 0 Å². The van der Waals surface area contributed by atoms with E-state index in [0.29, 0.717) is 0 Å². The van der Waals surface area contributed by atoms with Crippen molar-refractivity contribution >= 4 is 33.1 Å². The number of nitrogens with zero attached hydrogens (tertiary/aromatic N) is 2. The predicted octanol–water partition coefficient (Wildman–Crippen LogP) is 2.90. The van der Waals surface area contributed by atoms with Crippen LogP contribution in [0.2, 0.25) is 0 Å². The summed E-state index contributed by atoms with van der Waals surface area (Å²) in [4.78, 5) is 8.64. The lowest BCUT2D eigenvalue weighted by Crippen LogP contribution is -2.07. The number of nitrogens with one attached hydrogen (secondary N) is 1. The van der Waals surface area contributed by atoms with Crippen LogP contribution < -0.4 is 5.32 Å². The minimum absolute atomic E-state index is 0.963. The number of thiazole rings is 1. The molecular weight excluding hydrogens is 206 g/mol. The standard InChI is InChI=1S/C11H11N3S/c1-2-11(12-5-1)14-8-3-4-9-10(6-8)15-7-13-9/h3-4,6-7H,1-2,5H2,(H,12,14). The highest BCUT2D eigenvalue weighted by atomic mass is 32.1. The van der Waals surface area contributed by atoms with Crippen molar-refractivity contribution in [1.29, 1.82) is 0 Å². The zero-order valence-corrected chi connectivity index (χ0v) is 9.05. The van der Waals surface area contributed by atoms with E-state index in [9.17, 15) is 0 Å². The van der Waals surface area contributed by atoms with E-state index < -0.39 is 0 Å². The summed E-state index contributed by atoms with van der Waals surface area (Å²) in [5.74, 6) is 1.11. The highest BCUT2D eigenvalue weighted by molar-refractivity contribution is 7.16. The minimum atomic E-state index is 0.963. The first-order valence-electron chi connectivity index (χ1n) is 5.05. The van der Waals surface area contributed by atoms with Crippen LogP contribution >= 0.6 is 11.3 Å². The van der Waals surface area contributed by atoms with Gasteiger partial charge >= 0.3 is 0 Å². The van der Waals surface area contributed by atoms with Crippen LogP contribution in [0.1, 0.15) is 12.8 Å². The molecule has 4 heteroatoms. The van der Waals surface area contributed by atoms with Crippen LogP contribution in [0.4, 0.5) is 5.69 Å². The van der Waals surface area contributed by atoms with Gasteiger partial charge in [-0.2, -0.15) is 0 Å². The third kappa shape index (κ3) is 1.72. The maximum atomic E-state index is 4.39. The maximum Gasteiger partial charge on any atom is 0.101 e. The molecule has 0 amide bonds. The van der Waals surface area contributed by atoms with Gasteiger partial charge in [-0.3, -0.25) is 4.99 Å². The van der Waals surface area contributed by atoms with Crippen molar-refractivity contribution in [2.45, 2.75) is 12.8 Å². The molecule has 1 aliphatic rings. The normalized spacial score (nSPS) is 15.6. The van der Waals surface area contributed by atoms with Gasteiger partial charge in [0.15, 0.2) is 0 Å². The molecule has 76 valence electrons. The molecule has 0 unspecified atom stereocenters. The van der Waals surface area contributed by atoms with Crippen molar-refractivity contribution < 1.29 is 0 Å². The van der Waals surface area contributed by atoms with Gasteiger partial charge in [-0.1, -0.05) is 0 Å². The van der Waals surface area contributed by atoms with Gasteiger partial charge in [0.25, 0.3) is 0 Å². The second-order valence-electron chi connectivity index (χ2n) is 3.59. The average molecular weight is 217 g/mol. The van der Waals surface area contributed by atoms with E-state index >= 15 is 0 Å². The summed E-state index contributed by atoms with van der Waals surface area (Å²) in [5.41, 5.74) is 4.06. The van der Waals surface area contributed by atoms with Gasteiger partial charge in [0.05, 0.1) is 15.7 Å². The molecule has 1 aromatic carbocycles. The molecule has 0 spiro atoms. The molecule has 2 heterocycles. The molecular formula is C11H11N3S. The number of amidine groups is 1. The van der Waals surface area contributed by atoms with Gasteiger partial charge in [0.1, 0.15) is 5.84 Å². The van der Waals surface area contributed by atoms with E-state index in [-0.39, 0.29) is 0 Å². The summed E-state index contributed by atoms with van der Waals surface area (Å²) >= 11 is 1.67. The Hall–Kier alpha value is -1.42. The van der Waals surface area contributed by atoms with E-state index in [2.05, 4.69) is 27.4 Å². The SMILES string of the molecule is c1nc2ccc(NC3=NCCC3)cc2s1. The Morgan fingerprint density at radius 3 is 3.20 bits per heavy atom. The monoisotopic (exact) mass is 217 g/mol. The van der Waals surface area contributed by atoms with Crippen LogP contribution in [0.3, 0.4) is 0 Å². The number of fused-ring (bicyclic) bond motifs is 1. The van der Waals surface area contributed by atoms with Gasteiger partial charge in [-0.25, -0.2) is 4.98 Å². The molecule has 15 heavy (non-hydrogen) atoms. The fourth-order valence-electron chi connectivity index (χ4n) is 1.74. The lowest BCUT2D eigenvalue weighted by Gasteiger charge is -2.04. The van der Waals surface area contributed by atoms with Crippen LogP contribution in [0.5, 0.6) is 0 Å². The van der Waals surface area contributed by atoms with Crippen molar-refractivity contribution in [3.05, 3.63) is 23.7 Å². The third-order valence-electron chi connectivity index (χ3n) is 2.49. The van der Waals surface area contributed by atoms with Crippen molar-refractivity contribution in [3.8, 4) is 0 Å². The zero-order chi connectivity index (χ0) is 10.1. The fourth-order valence-corrected chi connectivity index (χ4v) is 2.46.